The minimum atomic E-state index is -0.463. The first-order valence-corrected chi connectivity index (χ1v) is 8.68. The summed E-state index contributed by atoms with van der Waals surface area (Å²) in [6, 6.07) is 22.0. The van der Waals surface area contributed by atoms with Crippen molar-refractivity contribution in [3.63, 3.8) is 0 Å². The molecule has 0 saturated heterocycles. The molecule has 0 saturated carbocycles. The average molecular weight is 367 g/mol. The molecule has 0 spiro atoms. The van der Waals surface area contributed by atoms with E-state index in [9.17, 15) is 4.79 Å². The Morgan fingerprint density at radius 1 is 0.962 bits per heavy atom. The zero-order valence-corrected chi connectivity index (χ0v) is 14.9. The number of ether oxygens (including phenoxy) is 1. The number of esters is 1. The summed E-state index contributed by atoms with van der Waals surface area (Å²) < 4.78 is 5.42. The van der Waals surface area contributed by atoms with Crippen LogP contribution in [0.4, 0.5) is 0 Å². The van der Waals surface area contributed by atoms with Crippen molar-refractivity contribution in [3.05, 3.63) is 100 Å². The second-order valence-electron chi connectivity index (χ2n) is 5.92. The number of rotatable bonds is 6. The van der Waals surface area contributed by atoms with E-state index >= 15 is 0 Å². The van der Waals surface area contributed by atoms with E-state index in [0.29, 0.717) is 22.8 Å². The van der Waals surface area contributed by atoms with Crippen molar-refractivity contribution in [2.45, 2.75) is 19.1 Å². The van der Waals surface area contributed by atoms with Crippen molar-refractivity contribution in [1.29, 1.82) is 0 Å². The van der Waals surface area contributed by atoms with E-state index < -0.39 is 12.0 Å². The summed E-state index contributed by atoms with van der Waals surface area (Å²) in [6.07, 6.45) is 0.549. The third kappa shape index (κ3) is 4.69. The van der Waals surface area contributed by atoms with Gasteiger partial charge in [0.2, 0.25) is 0 Å². The molecule has 3 rings (SSSR count). The maximum atomic E-state index is 12.5. The van der Waals surface area contributed by atoms with E-state index in [0.717, 1.165) is 11.1 Å². The van der Waals surface area contributed by atoms with Gasteiger partial charge in [-0.25, -0.2) is 9.78 Å². The molecule has 26 heavy (non-hydrogen) atoms. The lowest BCUT2D eigenvalue weighted by Crippen LogP contribution is -2.20. The molecule has 0 aliphatic heterocycles. The number of benzene rings is 2. The van der Waals surface area contributed by atoms with Crippen molar-refractivity contribution in [1.82, 2.24) is 4.98 Å². The fourth-order valence-electron chi connectivity index (χ4n) is 2.67. The number of halogens is 1. The normalized spacial score (nSPS) is 11.8. The van der Waals surface area contributed by atoms with Crippen LogP contribution in [0.15, 0.2) is 72.8 Å². The average Bonchev–Trinajstić information content (AvgIpc) is 2.67. The second-order valence-corrected chi connectivity index (χ2v) is 6.31. The lowest BCUT2D eigenvalue weighted by atomic mass is 10.0. The molecule has 1 atom stereocenters. The minimum Gasteiger partial charge on any atom is -0.457 e. The number of nitrogens with zero attached hydrogens (tertiary/aromatic N) is 1. The van der Waals surface area contributed by atoms with Crippen LogP contribution in [0.25, 0.3) is 0 Å². The largest absolute Gasteiger partial charge is 0.457 e. The molecular weight excluding hydrogens is 348 g/mol. The van der Waals surface area contributed by atoms with Crippen LogP contribution in [0.3, 0.4) is 0 Å². The Balaban J connectivity index is 1.77. The van der Waals surface area contributed by atoms with Crippen LogP contribution in [-0.2, 0) is 17.8 Å². The van der Waals surface area contributed by atoms with Gasteiger partial charge in [-0.1, -0.05) is 72.3 Å². The maximum absolute atomic E-state index is 12.5. The molecule has 2 aromatic carbocycles. The van der Waals surface area contributed by atoms with Crippen molar-refractivity contribution >= 4 is 17.6 Å². The van der Waals surface area contributed by atoms with Gasteiger partial charge >= 0.3 is 5.97 Å². The summed E-state index contributed by atoms with van der Waals surface area (Å²) in [4.78, 5) is 16.8. The lowest BCUT2D eigenvalue weighted by Gasteiger charge is -2.15. The standard InChI is InChI=1S/C21H19ClN2O2/c22-19-12-11-17(21(25)26-14-16-9-5-2-6-10-16)20(24-19)18(23)13-15-7-3-1-4-8-15/h1-12,18H,13-14,23H2/t18-/m0/s1. The van der Waals surface area contributed by atoms with E-state index in [-0.39, 0.29) is 6.61 Å². The van der Waals surface area contributed by atoms with Gasteiger partial charge in [0.05, 0.1) is 17.3 Å². The number of hydrogen-bond acceptors (Lipinski definition) is 4. The molecule has 0 amide bonds. The van der Waals surface area contributed by atoms with Gasteiger partial charge < -0.3 is 10.5 Å². The van der Waals surface area contributed by atoms with E-state index in [2.05, 4.69) is 4.98 Å². The molecule has 1 aromatic heterocycles. The zero-order valence-electron chi connectivity index (χ0n) is 14.1. The maximum Gasteiger partial charge on any atom is 0.340 e. The lowest BCUT2D eigenvalue weighted by molar-refractivity contribution is 0.0470. The molecule has 5 heteroatoms. The Morgan fingerprint density at radius 2 is 1.58 bits per heavy atom. The van der Waals surface area contributed by atoms with Crippen molar-refractivity contribution in [2.24, 2.45) is 5.73 Å². The molecule has 2 N–H and O–H groups in total. The molecule has 1 heterocycles. The Morgan fingerprint density at radius 3 is 2.23 bits per heavy atom. The number of carbonyl (C=O) groups is 1. The molecule has 0 fully saturated rings. The molecule has 0 aliphatic carbocycles. The molecule has 0 bridgehead atoms. The van der Waals surface area contributed by atoms with E-state index in [1.54, 1.807) is 12.1 Å². The van der Waals surface area contributed by atoms with E-state index in [1.165, 1.54) is 0 Å². The molecule has 3 aromatic rings. The smallest absolute Gasteiger partial charge is 0.340 e. The highest BCUT2D eigenvalue weighted by Crippen LogP contribution is 2.22. The SMILES string of the molecule is N[C@@H](Cc1ccccc1)c1nc(Cl)ccc1C(=O)OCc1ccccc1. The van der Waals surface area contributed by atoms with Crippen molar-refractivity contribution in [2.75, 3.05) is 0 Å². The van der Waals surface area contributed by atoms with E-state index in [4.69, 9.17) is 22.1 Å². The quantitative estimate of drug-likeness (QED) is 0.520. The van der Waals surface area contributed by atoms with Gasteiger partial charge in [-0.05, 0) is 29.7 Å². The predicted molar refractivity (Wildman–Crippen MR) is 102 cm³/mol. The fourth-order valence-corrected chi connectivity index (χ4v) is 2.82. The number of aromatic nitrogens is 1. The van der Waals surface area contributed by atoms with Crippen LogP contribution in [0, 0.1) is 0 Å². The summed E-state index contributed by atoms with van der Waals surface area (Å²) in [5, 5.41) is 0.295. The van der Waals surface area contributed by atoms with E-state index in [1.807, 2.05) is 60.7 Å². The number of hydrogen-bond donors (Lipinski definition) is 1. The number of nitrogens with two attached hydrogens (primary N) is 1. The Labute approximate surface area is 157 Å². The summed E-state index contributed by atoms with van der Waals surface area (Å²) in [7, 11) is 0. The fraction of sp³-hybridized carbons (Fsp3) is 0.143. The summed E-state index contributed by atoms with van der Waals surface area (Å²) >= 11 is 6.02. The molecule has 132 valence electrons. The van der Waals surface area contributed by atoms with Crippen LogP contribution < -0.4 is 5.73 Å². The van der Waals surface area contributed by atoms with Crippen LogP contribution in [0.2, 0.25) is 5.15 Å². The third-order valence-corrected chi connectivity index (χ3v) is 4.18. The first-order chi connectivity index (χ1) is 12.6. The molecule has 0 radical (unpaired) electrons. The Bertz CT molecular complexity index is 870. The van der Waals surface area contributed by atoms with Crippen LogP contribution in [0.1, 0.15) is 33.2 Å². The first kappa shape index (κ1) is 18.1. The molecular formula is C21H19ClN2O2. The number of carbonyl (C=O) groups excluding carboxylic acids is 1. The second kappa shape index (κ2) is 8.61. The first-order valence-electron chi connectivity index (χ1n) is 8.30. The third-order valence-electron chi connectivity index (χ3n) is 3.97. The van der Waals surface area contributed by atoms with Crippen LogP contribution >= 0.6 is 11.6 Å². The summed E-state index contributed by atoms with van der Waals surface area (Å²) in [5.41, 5.74) is 9.07. The van der Waals surface area contributed by atoms with Crippen LogP contribution in [-0.4, -0.2) is 11.0 Å². The Hall–Kier alpha value is -2.69. The number of pyridine rings is 1. The van der Waals surface area contributed by atoms with Gasteiger partial charge in [-0.3, -0.25) is 0 Å². The molecule has 4 nitrogen and oxygen atoms in total. The zero-order chi connectivity index (χ0) is 18.4. The minimum absolute atomic E-state index is 0.190. The monoisotopic (exact) mass is 366 g/mol. The van der Waals surface area contributed by atoms with Gasteiger partial charge in [0.25, 0.3) is 0 Å². The van der Waals surface area contributed by atoms with Gasteiger partial charge in [-0.15, -0.1) is 0 Å². The summed E-state index contributed by atoms with van der Waals surface area (Å²) in [5.74, 6) is -0.462. The topological polar surface area (TPSA) is 65.2 Å². The summed E-state index contributed by atoms with van der Waals surface area (Å²) in [6.45, 7) is 0.190. The van der Waals surface area contributed by atoms with Gasteiger partial charge in [0.1, 0.15) is 11.8 Å². The highest BCUT2D eigenvalue weighted by atomic mass is 35.5. The molecule has 0 aliphatic rings. The highest BCUT2D eigenvalue weighted by Gasteiger charge is 2.20. The molecule has 0 unspecified atom stereocenters. The van der Waals surface area contributed by atoms with Crippen molar-refractivity contribution in [3.8, 4) is 0 Å². The van der Waals surface area contributed by atoms with Gasteiger partial charge in [-0.2, -0.15) is 0 Å². The highest BCUT2D eigenvalue weighted by molar-refractivity contribution is 6.29. The van der Waals surface area contributed by atoms with Crippen molar-refractivity contribution < 1.29 is 9.53 Å². The van der Waals surface area contributed by atoms with Gasteiger partial charge in [0, 0.05) is 0 Å². The van der Waals surface area contributed by atoms with Gasteiger partial charge in [0.15, 0.2) is 0 Å². The van der Waals surface area contributed by atoms with Crippen LogP contribution in [0.5, 0.6) is 0 Å². The Kier molecular flexibility index (Phi) is 6.00. The predicted octanol–water partition coefficient (Wildman–Crippen LogP) is 4.33.